The third-order valence-electron chi connectivity index (χ3n) is 2.42. The molecule has 0 saturated carbocycles. The van der Waals surface area contributed by atoms with Crippen LogP contribution in [0, 0.1) is 0 Å². The molecule has 0 amide bonds. The van der Waals surface area contributed by atoms with Crippen LogP contribution in [0.5, 0.6) is 0 Å². The Kier molecular flexibility index (Phi) is 3.79. The largest absolute Gasteiger partial charge is 0.392 e. The predicted octanol–water partition coefficient (Wildman–Crippen LogP) is 1.37. The van der Waals surface area contributed by atoms with Crippen LogP contribution in [0.4, 0.5) is 5.82 Å². The van der Waals surface area contributed by atoms with Crippen molar-refractivity contribution in [3.8, 4) is 0 Å². The minimum absolute atomic E-state index is 0.0839. The van der Waals surface area contributed by atoms with Gasteiger partial charge in [-0.25, -0.2) is 8.42 Å². The quantitative estimate of drug-likeness (QED) is 0.893. The number of aliphatic hydroxyl groups excluding tert-OH is 1. The van der Waals surface area contributed by atoms with E-state index in [-0.39, 0.29) is 22.3 Å². The summed E-state index contributed by atoms with van der Waals surface area (Å²) in [6.45, 7) is -0.261. The molecule has 0 saturated heterocycles. The van der Waals surface area contributed by atoms with Gasteiger partial charge in [-0.2, -0.15) is 5.10 Å². The third-order valence-corrected chi connectivity index (χ3v) is 4.26. The molecular weight excluding hydrogens is 290 g/mol. The number of aliphatic hydroxyl groups is 1. The normalized spacial score (nSPS) is 11.5. The first-order valence-corrected chi connectivity index (χ1v) is 7.20. The van der Waals surface area contributed by atoms with Gasteiger partial charge >= 0.3 is 0 Å². The maximum atomic E-state index is 12.2. The molecule has 2 rings (SSSR count). The molecule has 0 radical (unpaired) electrons. The van der Waals surface area contributed by atoms with Crippen molar-refractivity contribution in [2.24, 2.45) is 7.05 Å². The average molecular weight is 302 g/mol. The lowest BCUT2D eigenvalue weighted by molar-refractivity contribution is 0.281. The first-order chi connectivity index (χ1) is 8.92. The topological polar surface area (TPSA) is 84.2 Å². The predicted molar refractivity (Wildman–Crippen MR) is 71.4 cm³/mol. The fraction of sp³-hybridized carbons (Fsp3) is 0.182. The van der Waals surface area contributed by atoms with Crippen LogP contribution in [0.3, 0.4) is 0 Å². The first kappa shape index (κ1) is 13.9. The molecule has 2 aromatic rings. The Balaban J connectivity index is 2.39. The van der Waals surface area contributed by atoms with Crippen molar-refractivity contribution in [2.75, 3.05) is 4.72 Å². The second-order valence-electron chi connectivity index (χ2n) is 3.90. The van der Waals surface area contributed by atoms with Gasteiger partial charge in [0.05, 0.1) is 11.6 Å². The second-order valence-corrected chi connectivity index (χ2v) is 5.96. The zero-order valence-electron chi connectivity index (χ0n) is 10.0. The number of aromatic nitrogens is 2. The van der Waals surface area contributed by atoms with Crippen LogP contribution in [0.2, 0.25) is 5.02 Å². The molecule has 0 aliphatic carbocycles. The zero-order valence-corrected chi connectivity index (χ0v) is 11.6. The van der Waals surface area contributed by atoms with Gasteiger partial charge < -0.3 is 5.11 Å². The molecule has 19 heavy (non-hydrogen) atoms. The molecule has 0 aliphatic heterocycles. The van der Waals surface area contributed by atoms with Crippen molar-refractivity contribution < 1.29 is 13.5 Å². The molecule has 0 aliphatic rings. The molecule has 102 valence electrons. The van der Waals surface area contributed by atoms with E-state index in [9.17, 15) is 8.42 Å². The smallest absolute Gasteiger partial charge is 0.264 e. The van der Waals surface area contributed by atoms with Gasteiger partial charge in [0.15, 0.2) is 5.82 Å². The highest BCUT2D eigenvalue weighted by Crippen LogP contribution is 2.24. The van der Waals surface area contributed by atoms with E-state index in [0.29, 0.717) is 5.56 Å². The van der Waals surface area contributed by atoms with Crippen LogP contribution in [-0.4, -0.2) is 23.3 Å². The van der Waals surface area contributed by atoms with Gasteiger partial charge in [-0.1, -0.05) is 17.7 Å². The summed E-state index contributed by atoms with van der Waals surface area (Å²) in [5.41, 5.74) is 0.464. The van der Waals surface area contributed by atoms with Crippen LogP contribution in [-0.2, 0) is 23.7 Å². The van der Waals surface area contributed by atoms with Gasteiger partial charge in [0.25, 0.3) is 10.0 Å². The number of nitrogens with one attached hydrogen (secondary N) is 1. The zero-order chi connectivity index (χ0) is 14.0. The summed E-state index contributed by atoms with van der Waals surface area (Å²) < 4.78 is 28.1. The lowest BCUT2D eigenvalue weighted by atomic mass is 10.2. The van der Waals surface area contributed by atoms with Crippen LogP contribution in [0.25, 0.3) is 0 Å². The van der Waals surface area contributed by atoms with Crippen molar-refractivity contribution in [3.05, 3.63) is 41.0 Å². The second kappa shape index (κ2) is 5.20. The van der Waals surface area contributed by atoms with Crippen molar-refractivity contribution in [3.63, 3.8) is 0 Å². The summed E-state index contributed by atoms with van der Waals surface area (Å²) >= 11 is 5.88. The lowest BCUT2D eigenvalue weighted by Crippen LogP contribution is -2.14. The summed E-state index contributed by atoms with van der Waals surface area (Å²) in [6.07, 6.45) is 1.61. The Morgan fingerprint density at radius 3 is 2.74 bits per heavy atom. The Bertz CT molecular complexity index is 697. The standard InChI is InChI=1S/C11H12ClN3O3S/c1-15-5-4-11(13-15)14-19(17,18)10-6-8(7-16)2-3-9(10)12/h2-6,16H,7H2,1H3,(H,13,14). The molecule has 0 atom stereocenters. The van der Waals surface area contributed by atoms with E-state index in [0.717, 1.165) is 0 Å². The number of sulfonamides is 1. The van der Waals surface area contributed by atoms with Crippen molar-refractivity contribution in [2.45, 2.75) is 11.5 Å². The maximum Gasteiger partial charge on any atom is 0.264 e. The number of halogens is 1. The number of anilines is 1. The van der Waals surface area contributed by atoms with E-state index in [4.69, 9.17) is 16.7 Å². The Hall–Kier alpha value is -1.57. The van der Waals surface area contributed by atoms with Crippen LogP contribution in [0.1, 0.15) is 5.56 Å². The molecule has 1 aromatic heterocycles. The first-order valence-electron chi connectivity index (χ1n) is 5.34. The molecule has 8 heteroatoms. The molecule has 0 unspecified atom stereocenters. The van der Waals surface area contributed by atoms with E-state index < -0.39 is 10.0 Å². The van der Waals surface area contributed by atoms with Gasteiger partial charge in [0.2, 0.25) is 0 Å². The summed E-state index contributed by atoms with van der Waals surface area (Å²) in [4.78, 5) is -0.0913. The van der Waals surface area contributed by atoms with Gasteiger partial charge in [-0.15, -0.1) is 0 Å². The Morgan fingerprint density at radius 2 is 2.16 bits per heavy atom. The highest BCUT2D eigenvalue weighted by molar-refractivity contribution is 7.92. The van der Waals surface area contributed by atoms with Crippen LogP contribution < -0.4 is 4.72 Å². The third kappa shape index (κ3) is 3.06. The molecule has 6 nitrogen and oxygen atoms in total. The highest BCUT2D eigenvalue weighted by atomic mass is 35.5. The fourth-order valence-electron chi connectivity index (χ4n) is 1.51. The van der Waals surface area contributed by atoms with Gasteiger partial charge in [-0.3, -0.25) is 9.40 Å². The Labute approximate surface area is 115 Å². The average Bonchev–Trinajstić information content (AvgIpc) is 2.74. The van der Waals surface area contributed by atoms with Gasteiger partial charge in [0.1, 0.15) is 4.90 Å². The summed E-state index contributed by atoms with van der Waals surface area (Å²) in [5.74, 6) is 0.202. The van der Waals surface area contributed by atoms with E-state index in [1.54, 1.807) is 19.3 Å². The van der Waals surface area contributed by atoms with Crippen LogP contribution >= 0.6 is 11.6 Å². The minimum atomic E-state index is -3.83. The molecule has 1 heterocycles. The molecular formula is C11H12ClN3O3S. The lowest BCUT2D eigenvalue weighted by Gasteiger charge is -2.08. The monoisotopic (exact) mass is 301 g/mol. The molecule has 0 fully saturated rings. The number of hydrogen-bond donors (Lipinski definition) is 2. The van der Waals surface area contributed by atoms with E-state index >= 15 is 0 Å². The van der Waals surface area contributed by atoms with E-state index in [2.05, 4.69) is 9.82 Å². The van der Waals surface area contributed by atoms with Crippen molar-refractivity contribution in [1.29, 1.82) is 0 Å². The molecule has 0 bridgehead atoms. The van der Waals surface area contributed by atoms with Crippen molar-refractivity contribution in [1.82, 2.24) is 9.78 Å². The molecule has 1 aromatic carbocycles. The van der Waals surface area contributed by atoms with Crippen molar-refractivity contribution >= 4 is 27.4 Å². The Morgan fingerprint density at radius 1 is 1.42 bits per heavy atom. The maximum absolute atomic E-state index is 12.2. The number of hydrogen-bond acceptors (Lipinski definition) is 4. The number of nitrogens with zero attached hydrogens (tertiary/aromatic N) is 2. The number of aryl methyl sites for hydroxylation is 1. The SMILES string of the molecule is Cn1ccc(NS(=O)(=O)c2cc(CO)ccc2Cl)n1. The molecule has 0 spiro atoms. The number of benzene rings is 1. The fourth-order valence-corrected chi connectivity index (χ4v) is 3.06. The van der Waals surface area contributed by atoms with E-state index in [1.165, 1.54) is 22.9 Å². The summed E-state index contributed by atoms with van der Waals surface area (Å²) in [7, 11) is -2.15. The summed E-state index contributed by atoms with van der Waals surface area (Å²) in [5, 5.41) is 13.0. The van der Waals surface area contributed by atoms with Gasteiger partial charge in [0, 0.05) is 19.3 Å². The van der Waals surface area contributed by atoms with Gasteiger partial charge in [-0.05, 0) is 17.7 Å². The molecule has 2 N–H and O–H groups in total. The number of rotatable bonds is 4. The van der Waals surface area contributed by atoms with Crippen LogP contribution in [0.15, 0.2) is 35.4 Å². The minimum Gasteiger partial charge on any atom is -0.392 e. The van der Waals surface area contributed by atoms with E-state index in [1.807, 2.05) is 0 Å². The highest BCUT2D eigenvalue weighted by Gasteiger charge is 2.19. The summed E-state index contributed by atoms with van der Waals surface area (Å²) in [6, 6.07) is 5.84.